The second kappa shape index (κ2) is 9.97. The Morgan fingerprint density at radius 3 is 2.30 bits per heavy atom. The van der Waals surface area contributed by atoms with Crippen LogP contribution in [0, 0.1) is 5.92 Å². The molecule has 0 atom stereocenters. The molecule has 0 unspecified atom stereocenters. The third-order valence-electron chi connectivity index (χ3n) is 6.18. The van der Waals surface area contributed by atoms with Gasteiger partial charge in [0, 0.05) is 31.4 Å². The fraction of sp³-hybridized carbons (Fsp3) is 0.714. The minimum absolute atomic E-state index is 0.0201. The Hall–Kier alpha value is -1.16. The van der Waals surface area contributed by atoms with E-state index >= 15 is 0 Å². The van der Waals surface area contributed by atoms with E-state index in [4.69, 9.17) is 0 Å². The highest BCUT2D eigenvalue weighted by Gasteiger charge is 2.27. The maximum absolute atomic E-state index is 12.9. The van der Waals surface area contributed by atoms with Crippen molar-refractivity contribution in [3.05, 3.63) is 24.3 Å². The van der Waals surface area contributed by atoms with Gasteiger partial charge < -0.3 is 5.32 Å². The van der Waals surface area contributed by atoms with Crippen LogP contribution in [0.2, 0.25) is 0 Å². The molecule has 1 saturated carbocycles. The summed E-state index contributed by atoms with van der Waals surface area (Å²) in [6, 6.07) is 7.11. The van der Waals surface area contributed by atoms with Crippen LogP contribution in [-0.2, 0) is 20.0 Å². The quantitative estimate of drug-likeness (QED) is 0.625. The molecule has 3 rings (SSSR count). The molecule has 0 radical (unpaired) electrons. The predicted molar refractivity (Wildman–Crippen MR) is 120 cm³/mol. The van der Waals surface area contributed by atoms with Crippen molar-refractivity contribution in [2.24, 2.45) is 5.92 Å². The second-order valence-electron chi connectivity index (χ2n) is 8.80. The summed E-state index contributed by atoms with van der Waals surface area (Å²) in [5.74, 6) is 0.451. The number of hydrogen-bond donors (Lipinski definition) is 2. The Bertz CT molecular complexity index is 902. The summed E-state index contributed by atoms with van der Waals surface area (Å²) in [5.41, 5.74) is 0.815. The number of benzene rings is 1. The summed E-state index contributed by atoms with van der Waals surface area (Å²) < 4.78 is 54.3. The number of sulfonamides is 2. The van der Waals surface area contributed by atoms with Gasteiger partial charge in [0.15, 0.2) is 0 Å². The highest BCUT2D eigenvalue weighted by atomic mass is 32.2. The Kier molecular flexibility index (Phi) is 7.81. The Morgan fingerprint density at radius 2 is 1.67 bits per heavy atom. The molecule has 2 N–H and O–H groups in total. The van der Waals surface area contributed by atoms with Gasteiger partial charge in [-0.25, -0.2) is 21.6 Å². The smallest absolute Gasteiger partial charge is 0.243 e. The maximum Gasteiger partial charge on any atom is 0.243 e. The van der Waals surface area contributed by atoms with Gasteiger partial charge >= 0.3 is 0 Å². The van der Waals surface area contributed by atoms with Crippen LogP contribution >= 0.6 is 0 Å². The topological polar surface area (TPSA) is 95.6 Å². The van der Waals surface area contributed by atoms with E-state index in [1.54, 1.807) is 36.4 Å². The normalized spacial score (nSPS) is 24.1. The van der Waals surface area contributed by atoms with Gasteiger partial charge in [0.2, 0.25) is 20.0 Å². The van der Waals surface area contributed by atoms with E-state index < -0.39 is 25.3 Å². The summed E-state index contributed by atoms with van der Waals surface area (Å²) in [7, 11) is -6.66. The van der Waals surface area contributed by atoms with Crippen molar-refractivity contribution in [3.63, 3.8) is 0 Å². The monoisotopic (exact) mass is 457 g/mol. The van der Waals surface area contributed by atoms with Crippen LogP contribution in [0.15, 0.2) is 29.2 Å². The molecule has 1 aromatic carbocycles. The molecule has 1 aliphatic heterocycles. The lowest BCUT2D eigenvalue weighted by Crippen LogP contribution is -2.41. The molecule has 170 valence electrons. The third-order valence-corrected chi connectivity index (χ3v) is 9.98. The molecule has 9 heteroatoms. The van der Waals surface area contributed by atoms with Gasteiger partial charge in [0.25, 0.3) is 0 Å². The SMILES string of the molecule is CC(C)S(=O)(=O)N[C@H]1CC[C@H](CNc2cccc(S(=O)(=O)N3CCCCC3)c2)CC1. The number of hydrogen-bond acceptors (Lipinski definition) is 5. The molecular formula is C21H35N3O4S2. The molecule has 2 aliphatic rings. The maximum atomic E-state index is 12.9. The molecule has 0 aromatic heterocycles. The van der Waals surface area contributed by atoms with Gasteiger partial charge in [-0.1, -0.05) is 12.5 Å². The predicted octanol–water partition coefficient (Wildman–Crippen LogP) is 3.16. The molecule has 30 heavy (non-hydrogen) atoms. The first kappa shape index (κ1) is 23.5. The molecule has 1 aliphatic carbocycles. The molecule has 0 bridgehead atoms. The van der Waals surface area contributed by atoms with E-state index in [9.17, 15) is 16.8 Å². The van der Waals surface area contributed by atoms with E-state index in [1.165, 1.54) is 0 Å². The highest BCUT2D eigenvalue weighted by molar-refractivity contribution is 7.90. The number of anilines is 1. The Balaban J connectivity index is 1.52. The van der Waals surface area contributed by atoms with Crippen molar-refractivity contribution in [2.45, 2.75) is 75.0 Å². The Labute approximate surface area is 181 Å². The summed E-state index contributed by atoms with van der Waals surface area (Å²) >= 11 is 0. The molecule has 2 fully saturated rings. The first-order chi connectivity index (χ1) is 14.2. The van der Waals surface area contributed by atoms with Crippen LogP contribution in [0.4, 0.5) is 5.69 Å². The van der Waals surface area contributed by atoms with Gasteiger partial charge in [-0.05, 0) is 76.5 Å². The first-order valence-corrected chi connectivity index (χ1v) is 14.0. The molecule has 0 spiro atoms. The van der Waals surface area contributed by atoms with Crippen molar-refractivity contribution < 1.29 is 16.8 Å². The number of nitrogens with zero attached hydrogens (tertiary/aromatic N) is 1. The second-order valence-corrected chi connectivity index (χ2v) is 13.0. The zero-order chi connectivity index (χ0) is 21.8. The largest absolute Gasteiger partial charge is 0.385 e. The zero-order valence-corrected chi connectivity index (χ0v) is 19.6. The van der Waals surface area contributed by atoms with Crippen LogP contribution in [0.25, 0.3) is 0 Å². The minimum atomic E-state index is -3.43. The van der Waals surface area contributed by atoms with Crippen LogP contribution < -0.4 is 10.0 Å². The van der Waals surface area contributed by atoms with E-state index in [1.807, 2.05) is 6.07 Å². The average molecular weight is 458 g/mol. The van der Waals surface area contributed by atoms with Gasteiger partial charge in [-0.2, -0.15) is 4.31 Å². The van der Waals surface area contributed by atoms with Gasteiger partial charge in [-0.15, -0.1) is 0 Å². The van der Waals surface area contributed by atoms with Gasteiger partial charge in [-0.3, -0.25) is 0 Å². The molecule has 1 saturated heterocycles. The van der Waals surface area contributed by atoms with Crippen LogP contribution in [-0.4, -0.2) is 52.1 Å². The van der Waals surface area contributed by atoms with Crippen molar-refractivity contribution >= 4 is 25.7 Å². The number of rotatable bonds is 8. The molecule has 1 aromatic rings. The third kappa shape index (κ3) is 5.96. The summed E-state index contributed by atoms with van der Waals surface area (Å²) in [6.45, 7) is 5.35. The highest BCUT2D eigenvalue weighted by Crippen LogP contribution is 2.27. The van der Waals surface area contributed by atoms with Gasteiger partial charge in [0.05, 0.1) is 10.1 Å². The van der Waals surface area contributed by atoms with Crippen LogP contribution in [0.1, 0.15) is 58.8 Å². The molecular weight excluding hydrogens is 422 g/mol. The van der Waals surface area contributed by atoms with E-state index in [0.29, 0.717) is 23.9 Å². The fourth-order valence-electron chi connectivity index (χ4n) is 4.14. The van der Waals surface area contributed by atoms with E-state index in [0.717, 1.165) is 57.2 Å². The van der Waals surface area contributed by atoms with E-state index in [2.05, 4.69) is 10.0 Å². The van der Waals surface area contributed by atoms with Crippen molar-refractivity contribution in [1.82, 2.24) is 9.03 Å². The lowest BCUT2D eigenvalue weighted by atomic mass is 9.86. The zero-order valence-electron chi connectivity index (χ0n) is 18.0. The Morgan fingerprint density at radius 1 is 1.00 bits per heavy atom. The fourth-order valence-corrected chi connectivity index (χ4v) is 6.67. The number of piperidine rings is 1. The summed E-state index contributed by atoms with van der Waals surface area (Å²) in [6.07, 6.45) is 6.51. The summed E-state index contributed by atoms with van der Waals surface area (Å²) in [5, 5.41) is 2.98. The van der Waals surface area contributed by atoms with E-state index in [-0.39, 0.29) is 6.04 Å². The van der Waals surface area contributed by atoms with Crippen molar-refractivity contribution in [1.29, 1.82) is 0 Å². The van der Waals surface area contributed by atoms with Crippen LogP contribution in [0.5, 0.6) is 0 Å². The minimum Gasteiger partial charge on any atom is -0.385 e. The average Bonchev–Trinajstić information content (AvgIpc) is 2.74. The standard InChI is InChI=1S/C21H35N3O4S2/c1-17(2)29(25,26)23-19-11-9-18(10-12-19)16-22-20-7-6-8-21(15-20)30(27,28)24-13-4-3-5-14-24/h6-8,15,17-19,22-23H,3-5,9-14,16H2,1-2H3/t18-,19-. The lowest BCUT2D eigenvalue weighted by molar-refractivity contribution is 0.323. The van der Waals surface area contributed by atoms with Crippen molar-refractivity contribution in [3.8, 4) is 0 Å². The molecule has 1 heterocycles. The van der Waals surface area contributed by atoms with Crippen LogP contribution in [0.3, 0.4) is 0 Å². The van der Waals surface area contributed by atoms with Crippen molar-refractivity contribution in [2.75, 3.05) is 25.0 Å². The molecule has 7 nitrogen and oxygen atoms in total. The molecule has 0 amide bonds. The lowest BCUT2D eigenvalue weighted by Gasteiger charge is -2.30. The van der Waals surface area contributed by atoms with Gasteiger partial charge in [0.1, 0.15) is 0 Å². The number of nitrogens with one attached hydrogen (secondary N) is 2. The first-order valence-electron chi connectivity index (χ1n) is 11.0. The summed E-state index contributed by atoms with van der Waals surface area (Å²) in [4.78, 5) is 0.348.